The van der Waals surface area contributed by atoms with Crippen molar-refractivity contribution < 1.29 is 14.7 Å². The molecule has 0 fully saturated rings. The van der Waals surface area contributed by atoms with E-state index < -0.39 is 29.2 Å². The molecule has 2 aromatic heterocycles. The summed E-state index contributed by atoms with van der Waals surface area (Å²) in [4.78, 5) is 57.9. The molecule has 1 amide bonds. The summed E-state index contributed by atoms with van der Waals surface area (Å²) in [6.07, 6.45) is 2.51. The van der Waals surface area contributed by atoms with Crippen LogP contribution in [0.1, 0.15) is 15.9 Å². The minimum atomic E-state index is -1.28. The molecule has 0 aliphatic rings. The van der Waals surface area contributed by atoms with Gasteiger partial charge in [0.05, 0.1) is 21.3 Å². The molecule has 0 aliphatic carbocycles. The molecular formula is C23H17Cl2N5O5. The van der Waals surface area contributed by atoms with Crippen LogP contribution >= 0.6 is 23.2 Å². The number of fused-ring (bicyclic) bond motifs is 1. The fourth-order valence-corrected chi connectivity index (χ4v) is 4.15. The standard InChI is InChI=1S/C23H17Cl2N5O5/c1-29-19-14(10-26-11-27-19)21(32)30(23(29)35)13-7-5-12(6-8-13)9-17(22(33)34)28-20(31)18-15(24)3-2-4-16(18)25/h2-8,10-11,17H,9H2,1H3,(H,28,31)(H,33,34)/t17-/m0/s1. The smallest absolute Gasteiger partial charge is 0.337 e. The summed E-state index contributed by atoms with van der Waals surface area (Å²) in [5.74, 6) is -1.98. The molecule has 178 valence electrons. The van der Waals surface area contributed by atoms with Crippen LogP contribution in [-0.4, -0.2) is 42.1 Å². The first kappa shape index (κ1) is 24.1. The number of rotatable bonds is 6. The van der Waals surface area contributed by atoms with Crippen molar-refractivity contribution in [3.05, 3.63) is 97.0 Å². The van der Waals surface area contributed by atoms with Gasteiger partial charge < -0.3 is 10.4 Å². The van der Waals surface area contributed by atoms with Crippen LogP contribution in [0.15, 0.2) is 64.6 Å². The number of carboxylic acid groups (broad SMARTS) is 1. The third-order valence-electron chi connectivity index (χ3n) is 5.35. The van der Waals surface area contributed by atoms with Crippen molar-refractivity contribution in [2.45, 2.75) is 12.5 Å². The van der Waals surface area contributed by atoms with Gasteiger partial charge in [0.2, 0.25) is 0 Å². The Morgan fingerprint density at radius 1 is 1.09 bits per heavy atom. The van der Waals surface area contributed by atoms with E-state index in [4.69, 9.17) is 23.2 Å². The molecule has 0 bridgehead atoms. The van der Waals surface area contributed by atoms with Crippen molar-refractivity contribution >= 4 is 46.1 Å². The molecule has 0 unspecified atom stereocenters. The zero-order valence-corrected chi connectivity index (χ0v) is 19.6. The van der Waals surface area contributed by atoms with E-state index in [2.05, 4.69) is 15.3 Å². The summed E-state index contributed by atoms with van der Waals surface area (Å²) in [7, 11) is 1.49. The molecule has 0 aliphatic heterocycles. The SMILES string of the molecule is Cn1c(=O)n(-c2ccc(C[C@H](NC(=O)c3c(Cl)cccc3Cl)C(=O)O)cc2)c(=O)c2cncnc21. The summed E-state index contributed by atoms with van der Waals surface area (Å²) in [5, 5.41) is 12.4. The number of nitrogens with zero attached hydrogens (tertiary/aromatic N) is 4. The molecule has 1 atom stereocenters. The van der Waals surface area contributed by atoms with E-state index in [1.807, 2.05) is 0 Å². The van der Waals surface area contributed by atoms with Gasteiger partial charge in [-0.2, -0.15) is 0 Å². The maximum atomic E-state index is 12.9. The van der Waals surface area contributed by atoms with Crippen molar-refractivity contribution in [2.75, 3.05) is 0 Å². The maximum Gasteiger partial charge on any atom is 0.337 e. The van der Waals surface area contributed by atoms with Gasteiger partial charge in [-0.3, -0.25) is 14.2 Å². The number of carbonyl (C=O) groups is 2. The number of amides is 1. The van der Waals surface area contributed by atoms with Gasteiger partial charge in [-0.1, -0.05) is 41.4 Å². The number of hydrogen-bond donors (Lipinski definition) is 2. The zero-order valence-electron chi connectivity index (χ0n) is 18.1. The van der Waals surface area contributed by atoms with E-state index in [9.17, 15) is 24.3 Å². The number of hydrogen-bond acceptors (Lipinski definition) is 6. The highest BCUT2D eigenvalue weighted by Gasteiger charge is 2.24. The first-order valence-electron chi connectivity index (χ1n) is 10.2. The van der Waals surface area contributed by atoms with E-state index in [1.165, 1.54) is 48.4 Å². The largest absolute Gasteiger partial charge is 0.480 e. The van der Waals surface area contributed by atoms with Crippen LogP contribution in [-0.2, 0) is 18.3 Å². The molecular weight excluding hydrogens is 497 g/mol. The Morgan fingerprint density at radius 3 is 2.37 bits per heavy atom. The predicted octanol–water partition coefficient (Wildman–Crippen LogP) is 2.21. The molecule has 4 aromatic rings. The Balaban J connectivity index is 1.61. The van der Waals surface area contributed by atoms with E-state index in [1.54, 1.807) is 18.2 Å². The third-order valence-corrected chi connectivity index (χ3v) is 5.98. The van der Waals surface area contributed by atoms with Crippen molar-refractivity contribution in [1.29, 1.82) is 0 Å². The Kier molecular flexibility index (Phi) is 6.68. The molecule has 0 radical (unpaired) electrons. The summed E-state index contributed by atoms with van der Waals surface area (Å²) in [5.41, 5.74) is -0.163. The van der Waals surface area contributed by atoms with Gasteiger partial charge in [-0.15, -0.1) is 0 Å². The van der Waals surface area contributed by atoms with Crippen LogP contribution in [0.3, 0.4) is 0 Å². The van der Waals surface area contributed by atoms with Crippen molar-refractivity contribution in [2.24, 2.45) is 7.05 Å². The van der Waals surface area contributed by atoms with Gasteiger partial charge in [-0.25, -0.2) is 24.1 Å². The first-order chi connectivity index (χ1) is 16.7. The molecule has 2 aromatic carbocycles. The zero-order chi connectivity index (χ0) is 25.3. The molecule has 10 nitrogen and oxygen atoms in total. The third kappa shape index (κ3) is 4.66. The van der Waals surface area contributed by atoms with Crippen LogP contribution in [0.25, 0.3) is 16.7 Å². The summed E-state index contributed by atoms with van der Waals surface area (Å²) in [6.45, 7) is 0. The lowest BCUT2D eigenvalue weighted by Crippen LogP contribution is -2.42. The summed E-state index contributed by atoms with van der Waals surface area (Å²) >= 11 is 12.1. The Bertz CT molecular complexity index is 1560. The quantitative estimate of drug-likeness (QED) is 0.403. The minimum Gasteiger partial charge on any atom is -0.480 e. The lowest BCUT2D eigenvalue weighted by Gasteiger charge is -2.16. The van der Waals surface area contributed by atoms with Gasteiger partial charge in [0, 0.05) is 19.7 Å². The van der Waals surface area contributed by atoms with Gasteiger partial charge in [0.25, 0.3) is 11.5 Å². The second-order valence-electron chi connectivity index (χ2n) is 7.57. The van der Waals surface area contributed by atoms with Gasteiger partial charge in [0.1, 0.15) is 17.8 Å². The number of carboxylic acids is 1. The fraction of sp³-hybridized carbons (Fsp3) is 0.130. The highest BCUT2D eigenvalue weighted by atomic mass is 35.5. The van der Waals surface area contributed by atoms with Gasteiger partial charge in [-0.05, 0) is 29.8 Å². The molecule has 35 heavy (non-hydrogen) atoms. The Morgan fingerprint density at radius 2 is 1.74 bits per heavy atom. The molecule has 0 spiro atoms. The van der Waals surface area contributed by atoms with Crippen molar-refractivity contribution in [3.8, 4) is 5.69 Å². The fourth-order valence-electron chi connectivity index (χ4n) is 3.58. The Labute approximate surface area is 207 Å². The van der Waals surface area contributed by atoms with Crippen LogP contribution in [0.5, 0.6) is 0 Å². The maximum absolute atomic E-state index is 12.9. The molecule has 2 heterocycles. The predicted molar refractivity (Wildman–Crippen MR) is 129 cm³/mol. The molecule has 0 saturated carbocycles. The van der Waals surface area contributed by atoms with Crippen molar-refractivity contribution in [3.63, 3.8) is 0 Å². The van der Waals surface area contributed by atoms with Crippen molar-refractivity contribution in [1.82, 2.24) is 24.4 Å². The number of nitrogens with one attached hydrogen (secondary N) is 1. The lowest BCUT2D eigenvalue weighted by molar-refractivity contribution is -0.139. The van der Waals surface area contributed by atoms with Gasteiger partial charge in [0.15, 0.2) is 5.65 Å². The van der Waals surface area contributed by atoms with Crippen LogP contribution in [0.2, 0.25) is 10.0 Å². The van der Waals surface area contributed by atoms with E-state index in [0.29, 0.717) is 5.56 Å². The number of aliphatic carboxylic acids is 1. The molecule has 4 rings (SSSR count). The second kappa shape index (κ2) is 9.69. The van der Waals surface area contributed by atoms with E-state index in [0.717, 1.165) is 4.57 Å². The number of benzene rings is 2. The number of carbonyl (C=O) groups excluding carboxylic acids is 1. The molecule has 0 saturated heterocycles. The number of halogens is 2. The average molecular weight is 514 g/mol. The van der Waals surface area contributed by atoms with Crippen LogP contribution in [0.4, 0.5) is 0 Å². The highest BCUT2D eigenvalue weighted by molar-refractivity contribution is 6.39. The lowest BCUT2D eigenvalue weighted by atomic mass is 10.0. The topological polar surface area (TPSA) is 136 Å². The Hall–Kier alpha value is -4.02. The number of aryl methyl sites for hydroxylation is 1. The normalized spacial score (nSPS) is 11.9. The molecule has 12 heteroatoms. The highest BCUT2D eigenvalue weighted by Crippen LogP contribution is 2.24. The van der Waals surface area contributed by atoms with Crippen LogP contribution < -0.4 is 16.6 Å². The summed E-state index contributed by atoms with van der Waals surface area (Å²) in [6, 6.07) is 9.39. The van der Waals surface area contributed by atoms with E-state index in [-0.39, 0.29) is 38.8 Å². The minimum absolute atomic E-state index is 0.0204. The monoisotopic (exact) mass is 513 g/mol. The average Bonchev–Trinajstić information content (AvgIpc) is 2.83. The van der Waals surface area contributed by atoms with E-state index >= 15 is 0 Å². The number of aromatic nitrogens is 4. The first-order valence-corrected chi connectivity index (χ1v) is 10.9. The molecule has 2 N–H and O–H groups in total. The second-order valence-corrected chi connectivity index (χ2v) is 8.39. The van der Waals surface area contributed by atoms with Crippen LogP contribution in [0, 0.1) is 0 Å². The van der Waals surface area contributed by atoms with Gasteiger partial charge >= 0.3 is 11.7 Å². The summed E-state index contributed by atoms with van der Waals surface area (Å²) < 4.78 is 2.22.